The molecule has 9 nitrogen and oxygen atoms in total. The van der Waals surface area contributed by atoms with Gasteiger partial charge < -0.3 is 15.0 Å². The lowest BCUT2D eigenvalue weighted by molar-refractivity contribution is -0.192. The standard InChI is InChI=1S/C24H23ClN6O.C2HF3O2/c1-16(32)30-9-7-19(14-30)23-12-27-24(29-23)22-10-18(6-8-26-22)20-11-28-31(15-20)13-17-2-4-21(25)5-3-17;3-2(4,5)1(6)7/h2-6,8,10-12,15,19H,7,9,13-14H2,1H3,(H,27,29);(H,6,7). The number of carbonyl (C=O) groups is 2. The number of hydrogen-bond donors (Lipinski definition) is 2. The smallest absolute Gasteiger partial charge is 0.475 e. The third-order valence-electron chi connectivity index (χ3n) is 6.14. The number of carboxylic acids is 1. The monoisotopic (exact) mass is 560 g/mol. The van der Waals surface area contributed by atoms with Crippen molar-refractivity contribution in [2.24, 2.45) is 0 Å². The quantitative estimate of drug-likeness (QED) is 0.354. The molecule has 0 spiro atoms. The Morgan fingerprint density at radius 2 is 1.85 bits per heavy atom. The Hall–Kier alpha value is -4.19. The van der Waals surface area contributed by atoms with Crippen LogP contribution < -0.4 is 0 Å². The predicted molar refractivity (Wildman–Crippen MR) is 137 cm³/mol. The molecule has 3 aromatic heterocycles. The van der Waals surface area contributed by atoms with Crippen LogP contribution in [0.1, 0.15) is 30.5 Å². The lowest BCUT2D eigenvalue weighted by Gasteiger charge is -2.12. The molecule has 0 saturated carbocycles. The first-order valence-corrected chi connectivity index (χ1v) is 12.2. The summed E-state index contributed by atoms with van der Waals surface area (Å²) in [5, 5.41) is 12.3. The summed E-state index contributed by atoms with van der Waals surface area (Å²) in [5.74, 6) is -1.61. The molecule has 4 heterocycles. The molecule has 0 aliphatic carbocycles. The van der Waals surface area contributed by atoms with E-state index in [4.69, 9.17) is 21.5 Å². The normalized spacial score (nSPS) is 15.1. The van der Waals surface area contributed by atoms with Crippen molar-refractivity contribution in [1.82, 2.24) is 29.6 Å². The lowest BCUT2D eigenvalue weighted by atomic mass is 10.1. The molecule has 1 aliphatic rings. The van der Waals surface area contributed by atoms with E-state index < -0.39 is 12.1 Å². The number of pyridine rings is 1. The number of aromatic nitrogens is 5. The van der Waals surface area contributed by atoms with E-state index in [1.165, 1.54) is 0 Å². The molecule has 204 valence electrons. The molecule has 1 saturated heterocycles. The molecule has 1 atom stereocenters. The molecule has 1 aliphatic heterocycles. The van der Waals surface area contributed by atoms with Gasteiger partial charge in [-0.2, -0.15) is 18.3 Å². The zero-order valence-corrected chi connectivity index (χ0v) is 21.4. The molecule has 1 fully saturated rings. The minimum Gasteiger partial charge on any atom is -0.475 e. The summed E-state index contributed by atoms with van der Waals surface area (Å²) in [5.41, 5.74) is 5.01. The van der Waals surface area contributed by atoms with Gasteiger partial charge in [-0.15, -0.1) is 0 Å². The van der Waals surface area contributed by atoms with Gasteiger partial charge in [0.15, 0.2) is 5.82 Å². The first-order chi connectivity index (χ1) is 18.5. The number of likely N-dealkylation sites (tertiary alicyclic amines) is 1. The van der Waals surface area contributed by atoms with E-state index in [1.54, 1.807) is 13.1 Å². The van der Waals surface area contributed by atoms with E-state index >= 15 is 0 Å². The number of halogens is 4. The number of aromatic amines is 1. The molecule has 5 rings (SSSR count). The summed E-state index contributed by atoms with van der Waals surface area (Å²) in [6.07, 6.45) is 3.40. The maximum absolute atomic E-state index is 11.6. The number of imidazole rings is 1. The highest BCUT2D eigenvalue weighted by molar-refractivity contribution is 6.30. The average Bonchev–Trinajstić information content (AvgIpc) is 3.66. The molecule has 2 N–H and O–H groups in total. The van der Waals surface area contributed by atoms with E-state index in [0.717, 1.165) is 58.4 Å². The Bertz CT molecular complexity index is 1450. The van der Waals surface area contributed by atoms with Crippen LogP contribution in [-0.2, 0) is 16.1 Å². The number of aliphatic carboxylic acids is 1. The number of alkyl halides is 3. The minimum absolute atomic E-state index is 0.123. The lowest BCUT2D eigenvalue weighted by Crippen LogP contribution is -2.25. The van der Waals surface area contributed by atoms with Gasteiger partial charge >= 0.3 is 12.1 Å². The largest absolute Gasteiger partial charge is 0.490 e. The molecule has 4 aromatic rings. The van der Waals surface area contributed by atoms with E-state index in [2.05, 4.69) is 20.1 Å². The summed E-state index contributed by atoms with van der Waals surface area (Å²) in [7, 11) is 0. The van der Waals surface area contributed by atoms with Gasteiger partial charge in [-0.25, -0.2) is 9.78 Å². The van der Waals surface area contributed by atoms with E-state index in [1.807, 2.05) is 64.6 Å². The Morgan fingerprint density at radius 1 is 1.13 bits per heavy atom. The van der Waals surface area contributed by atoms with Crippen LogP contribution >= 0.6 is 11.6 Å². The van der Waals surface area contributed by atoms with Gasteiger partial charge in [0, 0.05) is 60.8 Å². The van der Waals surface area contributed by atoms with Crippen molar-refractivity contribution in [1.29, 1.82) is 0 Å². The highest BCUT2D eigenvalue weighted by atomic mass is 35.5. The van der Waals surface area contributed by atoms with E-state index in [-0.39, 0.29) is 11.8 Å². The van der Waals surface area contributed by atoms with Gasteiger partial charge in [-0.3, -0.25) is 14.5 Å². The van der Waals surface area contributed by atoms with Crippen molar-refractivity contribution < 1.29 is 27.9 Å². The molecule has 0 radical (unpaired) electrons. The maximum Gasteiger partial charge on any atom is 0.490 e. The Labute approximate surface area is 226 Å². The van der Waals surface area contributed by atoms with Crippen LogP contribution in [0.5, 0.6) is 0 Å². The van der Waals surface area contributed by atoms with Crippen molar-refractivity contribution in [3.05, 3.63) is 77.5 Å². The second kappa shape index (κ2) is 11.7. The second-order valence-electron chi connectivity index (χ2n) is 8.92. The van der Waals surface area contributed by atoms with Gasteiger partial charge in [0.2, 0.25) is 5.91 Å². The van der Waals surface area contributed by atoms with E-state index in [9.17, 15) is 18.0 Å². The van der Waals surface area contributed by atoms with Gasteiger partial charge in [-0.05, 0) is 41.8 Å². The first-order valence-electron chi connectivity index (χ1n) is 11.8. The van der Waals surface area contributed by atoms with Gasteiger partial charge in [0.25, 0.3) is 0 Å². The molecule has 13 heteroatoms. The highest BCUT2D eigenvalue weighted by Gasteiger charge is 2.38. The zero-order chi connectivity index (χ0) is 28.2. The molecule has 1 unspecified atom stereocenters. The van der Waals surface area contributed by atoms with Gasteiger partial charge in [-0.1, -0.05) is 23.7 Å². The number of nitrogens with one attached hydrogen (secondary N) is 1. The maximum atomic E-state index is 11.6. The van der Waals surface area contributed by atoms with Crippen LogP contribution in [0.4, 0.5) is 13.2 Å². The van der Waals surface area contributed by atoms with Crippen molar-refractivity contribution in [2.45, 2.75) is 32.0 Å². The Balaban J connectivity index is 0.000000448. The number of nitrogens with zero attached hydrogens (tertiary/aromatic N) is 5. The number of carboxylic acid groups (broad SMARTS) is 1. The molecule has 39 heavy (non-hydrogen) atoms. The average molecular weight is 561 g/mol. The third kappa shape index (κ3) is 7.23. The van der Waals surface area contributed by atoms with Crippen LogP contribution in [-0.4, -0.2) is 65.9 Å². The summed E-state index contributed by atoms with van der Waals surface area (Å²) in [4.78, 5) is 34.9. The summed E-state index contributed by atoms with van der Waals surface area (Å²) in [6.45, 7) is 3.82. The van der Waals surface area contributed by atoms with Crippen LogP contribution in [0, 0.1) is 0 Å². The summed E-state index contributed by atoms with van der Waals surface area (Å²) in [6, 6.07) is 11.8. The molecular formula is C26H24ClF3N6O3. The van der Waals surface area contributed by atoms with Crippen molar-refractivity contribution >= 4 is 23.5 Å². The third-order valence-corrected chi connectivity index (χ3v) is 6.39. The SMILES string of the molecule is CC(=O)N1CCC(c2cnc(-c3cc(-c4cnn(Cc5ccc(Cl)cc5)c4)ccn3)[nH]2)C1.O=C(O)C(F)(F)F. The first kappa shape index (κ1) is 27.8. The van der Waals surface area contributed by atoms with Crippen LogP contribution in [0.15, 0.2) is 61.2 Å². The fraction of sp³-hybridized carbons (Fsp3) is 0.269. The van der Waals surface area contributed by atoms with Crippen LogP contribution in [0.2, 0.25) is 5.02 Å². The van der Waals surface area contributed by atoms with Crippen molar-refractivity contribution in [3.8, 4) is 22.6 Å². The van der Waals surface area contributed by atoms with Crippen LogP contribution in [0.25, 0.3) is 22.6 Å². The number of hydrogen-bond acceptors (Lipinski definition) is 5. The number of carbonyl (C=O) groups excluding carboxylic acids is 1. The number of amides is 1. The predicted octanol–water partition coefficient (Wildman–Crippen LogP) is 5.01. The molecule has 1 aromatic carbocycles. The summed E-state index contributed by atoms with van der Waals surface area (Å²) >= 11 is 5.97. The fourth-order valence-electron chi connectivity index (χ4n) is 4.09. The number of benzene rings is 1. The number of rotatable bonds is 5. The minimum atomic E-state index is -5.08. The van der Waals surface area contributed by atoms with Gasteiger partial charge in [0.05, 0.1) is 12.7 Å². The Morgan fingerprint density at radius 3 is 2.49 bits per heavy atom. The Kier molecular flexibility index (Phi) is 8.34. The van der Waals surface area contributed by atoms with Crippen molar-refractivity contribution in [2.75, 3.05) is 13.1 Å². The second-order valence-corrected chi connectivity index (χ2v) is 9.36. The molecule has 0 bridgehead atoms. The highest BCUT2D eigenvalue weighted by Crippen LogP contribution is 2.28. The topological polar surface area (TPSA) is 117 Å². The van der Waals surface area contributed by atoms with Crippen LogP contribution in [0.3, 0.4) is 0 Å². The fourth-order valence-corrected chi connectivity index (χ4v) is 4.21. The number of H-pyrrole nitrogens is 1. The molecular weight excluding hydrogens is 537 g/mol. The van der Waals surface area contributed by atoms with E-state index in [0.29, 0.717) is 6.54 Å². The summed E-state index contributed by atoms with van der Waals surface area (Å²) < 4.78 is 33.6. The molecule has 1 amide bonds. The zero-order valence-electron chi connectivity index (χ0n) is 20.7. The van der Waals surface area contributed by atoms with Gasteiger partial charge in [0.1, 0.15) is 5.69 Å². The van der Waals surface area contributed by atoms with Crippen molar-refractivity contribution in [3.63, 3.8) is 0 Å².